The molecule has 1 aromatic heterocycles. The van der Waals surface area contributed by atoms with Crippen LogP contribution in [0.2, 0.25) is 0 Å². The maximum atomic E-state index is 13.0. The summed E-state index contributed by atoms with van der Waals surface area (Å²) < 4.78 is 1.73. The van der Waals surface area contributed by atoms with Crippen LogP contribution in [0.3, 0.4) is 0 Å². The van der Waals surface area contributed by atoms with E-state index in [-0.39, 0.29) is 23.6 Å². The van der Waals surface area contributed by atoms with Crippen molar-refractivity contribution < 1.29 is 9.59 Å². The molecule has 4 rings (SSSR count). The number of likely N-dealkylation sites (tertiary alicyclic amines) is 1. The fourth-order valence-electron chi connectivity index (χ4n) is 3.61. The van der Waals surface area contributed by atoms with E-state index < -0.39 is 0 Å². The molecule has 1 aliphatic rings. The molecule has 0 unspecified atom stereocenters. The average Bonchev–Trinajstić information content (AvgIpc) is 3.18. The minimum absolute atomic E-state index is 0.164. The molecule has 1 fully saturated rings. The molecule has 2 N–H and O–H groups in total. The Hall–Kier alpha value is -3.48. The van der Waals surface area contributed by atoms with Gasteiger partial charge in [-0.3, -0.25) is 9.59 Å². The zero-order valence-corrected chi connectivity index (χ0v) is 16.1. The van der Waals surface area contributed by atoms with E-state index in [0.29, 0.717) is 38.2 Å². The van der Waals surface area contributed by atoms with Gasteiger partial charge in [-0.05, 0) is 30.5 Å². The molecule has 0 atom stereocenters. The smallest absolute Gasteiger partial charge is 0.293 e. The molecule has 29 heavy (non-hydrogen) atoms. The highest BCUT2D eigenvalue weighted by atomic mass is 16.2. The third-order valence-corrected chi connectivity index (χ3v) is 5.26. The van der Waals surface area contributed by atoms with Crippen molar-refractivity contribution >= 4 is 11.8 Å². The molecule has 7 heteroatoms. The number of para-hydroxylation sites is 1. The first-order valence-corrected chi connectivity index (χ1v) is 9.75. The standard InChI is InChI=1S/C22H23N5O2/c23-20(28)17-11-13-26(14-12-17)22(29)21-24-19(15-16-7-3-1-4-8-16)27(25-21)18-9-5-2-6-10-18/h1-10,17H,11-15H2,(H2,23,28). The maximum Gasteiger partial charge on any atom is 0.293 e. The summed E-state index contributed by atoms with van der Waals surface area (Å²) >= 11 is 0. The third-order valence-electron chi connectivity index (χ3n) is 5.26. The fraction of sp³-hybridized carbons (Fsp3) is 0.273. The van der Waals surface area contributed by atoms with E-state index in [2.05, 4.69) is 10.1 Å². The highest BCUT2D eigenvalue weighted by Crippen LogP contribution is 2.19. The van der Waals surface area contributed by atoms with Crippen molar-refractivity contribution in [1.29, 1.82) is 0 Å². The number of rotatable bonds is 5. The summed E-state index contributed by atoms with van der Waals surface area (Å²) in [5, 5.41) is 4.53. The number of primary amides is 1. The number of nitrogens with zero attached hydrogens (tertiary/aromatic N) is 4. The lowest BCUT2D eigenvalue weighted by Crippen LogP contribution is -2.42. The summed E-state index contributed by atoms with van der Waals surface area (Å²) in [5.41, 5.74) is 7.34. The van der Waals surface area contributed by atoms with Crippen LogP contribution in [0.4, 0.5) is 0 Å². The molecule has 1 aliphatic heterocycles. The normalized spacial score (nSPS) is 14.7. The first-order chi connectivity index (χ1) is 14.1. The van der Waals surface area contributed by atoms with E-state index in [1.807, 2.05) is 60.7 Å². The van der Waals surface area contributed by atoms with E-state index >= 15 is 0 Å². The lowest BCUT2D eigenvalue weighted by atomic mass is 9.96. The molecule has 2 amide bonds. The van der Waals surface area contributed by atoms with Crippen LogP contribution in [0.25, 0.3) is 5.69 Å². The van der Waals surface area contributed by atoms with E-state index in [9.17, 15) is 9.59 Å². The number of carbonyl (C=O) groups excluding carboxylic acids is 2. The largest absolute Gasteiger partial charge is 0.369 e. The Morgan fingerprint density at radius 1 is 0.966 bits per heavy atom. The predicted octanol–water partition coefficient (Wildman–Crippen LogP) is 2.20. The summed E-state index contributed by atoms with van der Waals surface area (Å²) in [6.07, 6.45) is 1.73. The average molecular weight is 389 g/mol. The van der Waals surface area contributed by atoms with Crippen LogP contribution in [-0.4, -0.2) is 44.6 Å². The molecule has 7 nitrogen and oxygen atoms in total. The second-order valence-corrected chi connectivity index (χ2v) is 7.23. The summed E-state index contributed by atoms with van der Waals surface area (Å²) in [7, 11) is 0. The zero-order chi connectivity index (χ0) is 20.2. The van der Waals surface area contributed by atoms with E-state index in [1.54, 1.807) is 9.58 Å². The molecule has 148 valence electrons. The van der Waals surface area contributed by atoms with Crippen molar-refractivity contribution in [1.82, 2.24) is 19.7 Å². The highest BCUT2D eigenvalue weighted by Gasteiger charge is 2.29. The zero-order valence-electron chi connectivity index (χ0n) is 16.1. The number of aromatic nitrogens is 3. The van der Waals surface area contributed by atoms with Crippen molar-refractivity contribution in [2.45, 2.75) is 19.3 Å². The molecular weight excluding hydrogens is 366 g/mol. The van der Waals surface area contributed by atoms with Crippen LogP contribution in [0.5, 0.6) is 0 Å². The first-order valence-electron chi connectivity index (χ1n) is 9.75. The van der Waals surface area contributed by atoms with Gasteiger partial charge in [0.05, 0.1) is 5.69 Å². The third kappa shape index (κ3) is 4.18. The van der Waals surface area contributed by atoms with Gasteiger partial charge in [0, 0.05) is 25.4 Å². The molecule has 3 aromatic rings. The highest BCUT2D eigenvalue weighted by molar-refractivity contribution is 5.90. The molecule has 2 heterocycles. The molecule has 2 aromatic carbocycles. The second kappa shape index (κ2) is 8.26. The Balaban J connectivity index is 1.61. The summed E-state index contributed by atoms with van der Waals surface area (Å²) in [4.78, 5) is 30.7. The van der Waals surface area contributed by atoms with Gasteiger partial charge in [-0.15, -0.1) is 5.10 Å². The van der Waals surface area contributed by atoms with Gasteiger partial charge in [0.15, 0.2) is 0 Å². The Morgan fingerprint density at radius 3 is 2.21 bits per heavy atom. The first kappa shape index (κ1) is 18.9. The fourth-order valence-corrected chi connectivity index (χ4v) is 3.61. The number of amides is 2. The summed E-state index contributed by atoms with van der Waals surface area (Å²) in [6.45, 7) is 0.973. The molecule has 0 spiro atoms. The molecule has 0 saturated carbocycles. The van der Waals surface area contributed by atoms with Crippen molar-refractivity contribution in [3.05, 3.63) is 77.9 Å². The van der Waals surface area contributed by atoms with Crippen molar-refractivity contribution in [2.24, 2.45) is 11.7 Å². The van der Waals surface area contributed by atoms with Gasteiger partial charge in [-0.25, -0.2) is 9.67 Å². The number of nitrogens with two attached hydrogens (primary N) is 1. The number of carbonyl (C=O) groups is 2. The van der Waals surface area contributed by atoms with Crippen LogP contribution in [-0.2, 0) is 11.2 Å². The van der Waals surface area contributed by atoms with Crippen molar-refractivity contribution in [2.75, 3.05) is 13.1 Å². The van der Waals surface area contributed by atoms with Gasteiger partial charge in [0.1, 0.15) is 5.82 Å². The van der Waals surface area contributed by atoms with Gasteiger partial charge in [-0.1, -0.05) is 48.5 Å². The SMILES string of the molecule is NC(=O)C1CCN(C(=O)c2nc(Cc3ccccc3)n(-c3ccccc3)n2)CC1. The Kier molecular flexibility index (Phi) is 5.37. The van der Waals surface area contributed by atoms with Crippen LogP contribution in [0.1, 0.15) is 34.8 Å². The number of hydrogen-bond acceptors (Lipinski definition) is 4. The molecule has 1 saturated heterocycles. The van der Waals surface area contributed by atoms with Gasteiger partial charge >= 0.3 is 0 Å². The van der Waals surface area contributed by atoms with Crippen LogP contribution in [0, 0.1) is 5.92 Å². The lowest BCUT2D eigenvalue weighted by Gasteiger charge is -2.29. The van der Waals surface area contributed by atoms with Crippen LogP contribution >= 0.6 is 0 Å². The van der Waals surface area contributed by atoms with Crippen LogP contribution < -0.4 is 5.73 Å². The van der Waals surface area contributed by atoms with Crippen molar-refractivity contribution in [3.63, 3.8) is 0 Å². The topological polar surface area (TPSA) is 94.1 Å². The van der Waals surface area contributed by atoms with Gasteiger partial charge in [-0.2, -0.15) is 0 Å². The minimum Gasteiger partial charge on any atom is -0.369 e. The second-order valence-electron chi connectivity index (χ2n) is 7.23. The Morgan fingerprint density at radius 2 is 1.59 bits per heavy atom. The van der Waals surface area contributed by atoms with E-state index in [4.69, 9.17) is 5.73 Å². The van der Waals surface area contributed by atoms with E-state index in [0.717, 1.165) is 11.3 Å². The molecule has 0 bridgehead atoms. The number of benzene rings is 2. The number of hydrogen-bond donors (Lipinski definition) is 1. The van der Waals surface area contributed by atoms with Gasteiger partial charge in [0.25, 0.3) is 5.91 Å². The Labute approximate surface area is 169 Å². The van der Waals surface area contributed by atoms with Crippen LogP contribution in [0.15, 0.2) is 60.7 Å². The van der Waals surface area contributed by atoms with Gasteiger partial charge < -0.3 is 10.6 Å². The molecule has 0 aliphatic carbocycles. The Bertz CT molecular complexity index is 993. The quantitative estimate of drug-likeness (QED) is 0.724. The number of piperidine rings is 1. The summed E-state index contributed by atoms with van der Waals surface area (Å²) in [6, 6.07) is 19.7. The molecule has 0 radical (unpaired) electrons. The van der Waals surface area contributed by atoms with Gasteiger partial charge in [0.2, 0.25) is 11.7 Å². The van der Waals surface area contributed by atoms with E-state index in [1.165, 1.54) is 0 Å². The monoisotopic (exact) mass is 389 g/mol. The van der Waals surface area contributed by atoms with Crippen molar-refractivity contribution in [3.8, 4) is 5.69 Å². The maximum absolute atomic E-state index is 13.0. The predicted molar refractivity (Wildman–Crippen MR) is 108 cm³/mol. The lowest BCUT2D eigenvalue weighted by molar-refractivity contribution is -0.123. The summed E-state index contributed by atoms with van der Waals surface area (Å²) in [5.74, 6) is 0.211. The minimum atomic E-state index is -0.297. The molecular formula is C22H23N5O2.